The fraction of sp³-hybridized carbons (Fsp3) is 0.211. The fourth-order valence-electron chi connectivity index (χ4n) is 2.84. The van der Waals surface area contributed by atoms with E-state index in [9.17, 15) is 14.4 Å². The van der Waals surface area contributed by atoms with Gasteiger partial charge in [-0.25, -0.2) is 4.79 Å². The molecule has 1 aliphatic carbocycles. The summed E-state index contributed by atoms with van der Waals surface area (Å²) in [4.78, 5) is 36.6. The van der Waals surface area contributed by atoms with Crippen molar-refractivity contribution >= 4 is 51.8 Å². The van der Waals surface area contributed by atoms with Crippen molar-refractivity contribution in [1.82, 2.24) is 0 Å². The smallest absolute Gasteiger partial charge is 0.331 e. The van der Waals surface area contributed by atoms with Crippen LogP contribution in [0.15, 0.2) is 30.3 Å². The predicted octanol–water partition coefficient (Wildman–Crippen LogP) is 3.18. The molecule has 2 amide bonds. The van der Waals surface area contributed by atoms with Gasteiger partial charge >= 0.3 is 5.97 Å². The molecule has 0 spiro atoms. The molecular formula is C19H17ClN2O4S. The first-order valence-corrected chi connectivity index (χ1v) is 9.48. The van der Waals surface area contributed by atoms with Gasteiger partial charge in [-0.15, -0.1) is 11.3 Å². The summed E-state index contributed by atoms with van der Waals surface area (Å²) in [5.41, 5.74) is 7.52. The van der Waals surface area contributed by atoms with Crippen LogP contribution in [0.5, 0.6) is 0 Å². The molecule has 1 aromatic heterocycles. The number of fused-ring (bicyclic) bond motifs is 1. The lowest BCUT2D eigenvalue weighted by Crippen LogP contribution is -2.22. The van der Waals surface area contributed by atoms with Gasteiger partial charge < -0.3 is 15.8 Å². The molecule has 0 bridgehead atoms. The number of benzene rings is 1. The first-order chi connectivity index (χ1) is 12.9. The first kappa shape index (κ1) is 19.1. The van der Waals surface area contributed by atoms with Crippen molar-refractivity contribution in [3.8, 4) is 0 Å². The number of aryl methyl sites for hydroxylation is 1. The van der Waals surface area contributed by atoms with Crippen LogP contribution in [0.3, 0.4) is 0 Å². The Kier molecular flexibility index (Phi) is 5.93. The highest BCUT2D eigenvalue weighted by molar-refractivity contribution is 7.17. The molecule has 0 saturated heterocycles. The lowest BCUT2D eigenvalue weighted by molar-refractivity contribution is -0.142. The van der Waals surface area contributed by atoms with Crippen molar-refractivity contribution in [2.24, 2.45) is 5.73 Å². The third-order valence-corrected chi connectivity index (χ3v) is 5.51. The average molecular weight is 405 g/mol. The largest absolute Gasteiger partial charge is 0.452 e. The van der Waals surface area contributed by atoms with E-state index in [4.69, 9.17) is 22.1 Å². The fourth-order valence-corrected chi connectivity index (χ4v) is 4.28. The minimum Gasteiger partial charge on any atom is -0.452 e. The van der Waals surface area contributed by atoms with Crippen LogP contribution in [0.4, 0.5) is 5.00 Å². The SMILES string of the molecule is NC(=O)c1c(NC(=O)COC(=O)C=Cc2ccc(Cl)cc2)sc2c1CCC2. The Morgan fingerprint density at radius 2 is 1.96 bits per heavy atom. The number of esters is 1. The first-order valence-electron chi connectivity index (χ1n) is 8.28. The van der Waals surface area contributed by atoms with Gasteiger partial charge in [-0.2, -0.15) is 0 Å². The van der Waals surface area contributed by atoms with E-state index >= 15 is 0 Å². The Balaban J connectivity index is 1.55. The van der Waals surface area contributed by atoms with Crippen LogP contribution in [-0.4, -0.2) is 24.4 Å². The molecule has 0 radical (unpaired) electrons. The summed E-state index contributed by atoms with van der Waals surface area (Å²) in [5, 5.41) is 3.64. The van der Waals surface area contributed by atoms with Gasteiger partial charge in [0, 0.05) is 16.0 Å². The second-order valence-corrected chi connectivity index (χ2v) is 7.51. The maximum Gasteiger partial charge on any atom is 0.331 e. The van der Waals surface area contributed by atoms with E-state index in [1.165, 1.54) is 17.4 Å². The Morgan fingerprint density at radius 3 is 2.67 bits per heavy atom. The number of hydrogen-bond donors (Lipinski definition) is 2. The zero-order valence-electron chi connectivity index (χ0n) is 14.3. The van der Waals surface area contributed by atoms with Gasteiger partial charge in [0.15, 0.2) is 6.61 Å². The van der Waals surface area contributed by atoms with E-state index in [1.54, 1.807) is 30.3 Å². The number of nitrogens with two attached hydrogens (primary N) is 1. The standard InChI is InChI=1S/C19H17ClN2O4S/c20-12-7-4-11(5-8-12)6-9-16(24)26-10-15(23)22-19-17(18(21)25)13-2-1-3-14(13)27-19/h4-9H,1-3,10H2,(H2,21,25)(H,22,23). The third kappa shape index (κ3) is 4.75. The number of carbonyl (C=O) groups excluding carboxylic acids is 3. The molecule has 2 aromatic rings. The number of hydrogen-bond acceptors (Lipinski definition) is 5. The lowest BCUT2D eigenvalue weighted by Gasteiger charge is -2.06. The average Bonchev–Trinajstić information content (AvgIpc) is 3.19. The molecule has 1 heterocycles. The van der Waals surface area contributed by atoms with Gasteiger partial charge in [-0.1, -0.05) is 23.7 Å². The molecule has 0 unspecified atom stereocenters. The van der Waals surface area contributed by atoms with Gasteiger partial charge in [-0.05, 0) is 48.6 Å². The maximum atomic E-state index is 12.1. The van der Waals surface area contributed by atoms with Gasteiger partial charge in [0.1, 0.15) is 5.00 Å². The van der Waals surface area contributed by atoms with Crippen LogP contribution in [0.1, 0.15) is 32.8 Å². The molecule has 1 aliphatic rings. The quantitative estimate of drug-likeness (QED) is 0.570. The van der Waals surface area contributed by atoms with Crippen molar-refractivity contribution < 1.29 is 19.1 Å². The van der Waals surface area contributed by atoms with Gasteiger partial charge in [-0.3, -0.25) is 9.59 Å². The monoisotopic (exact) mass is 404 g/mol. The van der Waals surface area contributed by atoms with Gasteiger partial charge in [0.2, 0.25) is 0 Å². The van der Waals surface area contributed by atoms with Crippen LogP contribution in [0.2, 0.25) is 5.02 Å². The van der Waals surface area contributed by atoms with E-state index in [2.05, 4.69) is 5.32 Å². The van der Waals surface area contributed by atoms with Crippen LogP contribution in [0, 0.1) is 0 Å². The Labute approximate surface area is 165 Å². The molecule has 3 rings (SSSR count). The number of halogens is 1. The second-order valence-electron chi connectivity index (χ2n) is 5.97. The Bertz CT molecular complexity index is 919. The van der Waals surface area contributed by atoms with Gasteiger partial charge in [0.25, 0.3) is 11.8 Å². The van der Waals surface area contributed by atoms with Crippen LogP contribution in [0.25, 0.3) is 6.08 Å². The molecule has 0 saturated carbocycles. The summed E-state index contributed by atoms with van der Waals surface area (Å²) in [6, 6.07) is 6.91. The van der Waals surface area contributed by atoms with E-state index in [1.807, 2.05) is 0 Å². The summed E-state index contributed by atoms with van der Waals surface area (Å²) in [7, 11) is 0. The zero-order chi connectivity index (χ0) is 19.4. The molecule has 6 nitrogen and oxygen atoms in total. The van der Waals surface area contributed by atoms with E-state index in [0.29, 0.717) is 15.6 Å². The number of carbonyl (C=O) groups is 3. The number of primary amides is 1. The maximum absolute atomic E-state index is 12.1. The molecule has 27 heavy (non-hydrogen) atoms. The van der Waals surface area contributed by atoms with Gasteiger partial charge in [0.05, 0.1) is 5.56 Å². The Morgan fingerprint density at radius 1 is 1.22 bits per heavy atom. The van der Waals surface area contributed by atoms with Crippen LogP contribution in [-0.2, 0) is 27.2 Å². The highest BCUT2D eigenvalue weighted by atomic mass is 35.5. The number of anilines is 1. The van der Waals surface area contributed by atoms with Crippen LogP contribution >= 0.6 is 22.9 Å². The lowest BCUT2D eigenvalue weighted by atomic mass is 10.1. The molecule has 0 atom stereocenters. The molecule has 0 aliphatic heterocycles. The number of rotatable bonds is 6. The molecular weight excluding hydrogens is 388 g/mol. The number of ether oxygens (including phenoxy) is 1. The molecule has 8 heteroatoms. The minimum absolute atomic E-state index is 0.370. The molecule has 0 fully saturated rings. The summed E-state index contributed by atoms with van der Waals surface area (Å²) in [6.45, 7) is -0.454. The van der Waals surface area contributed by atoms with Crippen LogP contribution < -0.4 is 11.1 Å². The summed E-state index contributed by atoms with van der Waals surface area (Å²) in [6.07, 6.45) is 5.43. The van der Waals surface area contributed by atoms with E-state index < -0.39 is 24.4 Å². The van der Waals surface area contributed by atoms with E-state index in [0.717, 1.165) is 35.3 Å². The Hall–Kier alpha value is -2.64. The highest BCUT2D eigenvalue weighted by Gasteiger charge is 2.26. The second kappa shape index (κ2) is 8.37. The zero-order valence-corrected chi connectivity index (χ0v) is 15.9. The number of amides is 2. The highest BCUT2D eigenvalue weighted by Crippen LogP contribution is 2.38. The van der Waals surface area contributed by atoms with Crippen molar-refractivity contribution in [1.29, 1.82) is 0 Å². The normalized spacial score (nSPS) is 12.8. The number of thiophene rings is 1. The summed E-state index contributed by atoms with van der Waals surface area (Å²) < 4.78 is 4.92. The molecule has 3 N–H and O–H groups in total. The topological polar surface area (TPSA) is 98.5 Å². The van der Waals surface area contributed by atoms with E-state index in [-0.39, 0.29) is 0 Å². The van der Waals surface area contributed by atoms with Crippen molar-refractivity contribution in [3.05, 3.63) is 56.9 Å². The third-order valence-electron chi connectivity index (χ3n) is 4.05. The van der Waals surface area contributed by atoms with Crippen molar-refractivity contribution in [2.45, 2.75) is 19.3 Å². The number of nitrogens with one attached hydrogen (secondary N) is 1. The van der Waals surface area contributed by atoms with Crippen molar-refractivity contribution in [3.63, 3.8) is 0 Å². The minimum atomic E-state index is -0.649. The molecule has 1 aromatic carbocycles. The van der Waals surface area contributed by atoms with Crippen molar-refractivity contribution in [2.75, 3.05) is 11.9 Å². The molecule has 140 valence electrons. The predicted molar refractivity (Wildman–Crippen MR) is 105 cm³/mol. The summed E-state index contributed by atoms with van der Waals surface area (Å²) in [5.74, 6) is -1.73. The summed E-state index contributed by atoms with van der Waals surface area (Å²) >= 11 is 7.14.